The van der Waals surface area contributed by atoms with Crippen molar-refractivity contribution in [1.82, 2.24) is 14.3 Å². The molecule has 0 saturated carbocycles. The number of aryl methyl sites for hydroxylation is 3. The number of rotatable bonds is 7. The zero-order valence-corrected chi connectivity index (χ0v) is 21.4. The van der Waals surface area contributed by atoms with Crippen molar-refractivity contribution in [2.24, 2.45) is 7.05 Å². The lowest BCUT2D eigenvalue weighted by Crippen LogP contribution is -2.32. The minimum atomic E-state index is -3.90. The summed E-state index contributed by atoms with van der Waals surface area (Å²) in [5.41, 5.74) is 3.07. The predicted molar refractivity (Wildman–Crippen MR) is 130 cm³/mol. The van der Waals surface area contributed by atoms with Crippen LogP contribution in [0, 0.1) is 13.8 Å². The number of imidazole rings is 1. The molecule has 0 spiro atoms. The molecule has 0 aliphatic rings. The largest absolute Gasteiger partial charge is 0.497 e. The summed E-state index contributed by atoms with van der Waals surface area (Å²) in [4.78, 5) is 4.71. The Morgan fingerprint density at radius 3 is 1.94 bits per heavy atom. The molecule has 0 aliphatic carbocycles. The molecule has 0 bridgehead atoms. The number of ether oxygens (including phenoxy) is 2. The van der Waals surface area contributed by atoms with Crippen LogP contribution in [0.25, 0.3) is 0 Å². The van der Waals surface area contributed by atoms with Gasteiger partial charge in [0.15, 0.2) is 0 Å². The fourth-order valence-electron chi connectivity index (χ4n) is 3.94. The van der Waals surface area contributed by atoms with Crippen molar-refractivity contribution in [2.75, 3.05) is 14.2 Å². The monoisotopic (exact) mass is 471 g/mol. The molecule has 0 unspecified atom stereocenters. The maximum atomic E-state index is 13.7. The average molecular weight is 472 g/mol. The fourth-order valence-corrected chi connectivity index (χ4v) is 5.58. The van der Waals surface area contributed by atoms with E-state index in [1.54, 1.807) is 49.4 Å². The smallest absolute Gasteiger partial charge is 0.242 e. The van der Waals surface area contributed by atoms with E-state index >= 15 is 0 Å². The van der Waals surface area contributed by atoms with E-state index in [1.807, 2.05) is 33.0 Å². The van der Waals surface area contributed by atoms with Crippen LogP contribution in [0.5, 0.6) is 11.5 Å². The molecule has 178 valence electrons. The second kappa shape index (κ2) is 9.19. The minimum Gasteiger partial charge on any atom is -0.497 e. The van der Waals surface area contributed by atoms with Crippen LogP contribution in [0.1, 0.15) is 54.9 Å². The summed E-state index contributed by atoms with van der Waals surface area (Å²) in [6.45, 7) is 10.0. The number of nitrogens with one attached hydrogen (secondary N) is 1. The first-order valence-electron chi connectivity index (χ1n) is 10.7. The molecule has 1 heterocycles. The highest BCUT2D eigenvalue weighted by Crippen LogP contribution is 2.33. The molecule has 0 amide bonds. The Kier molecular flexibility index (Phi) is 6.91. The highest BCUT2D eigenvalue weighted by atomic mass is 32.2. The van der Waals surface area contributed by atoms with E-state index < -0.39 is 16.1 Å². The Bertz CT molecular complexity index is 1210. The SMILES string of the molecule is COc1cc(OC)cc([C@H](NS(=O)(=O)c2c(C)cc(C(C)(C)C)cc2C)c2nccn2C)c1. The lowest BCUT2D eigenvalue weighted by molar-refractivity contribution is 0.392. The lowest BCUT2D eigenvalue weighted by atomic mass is 9.85. The second-order valence-corrected chi connectivity index (χ2v) is 10.9. The Balaban J connectivity index is 2.14. The molecule has 0 aliphatic heterocycles. The maximum absolute atomic E-state index is 13.7. The van der Waals surface area contributed by atoms with Gasteiger partial charge in [0.25, 0.3) is 0 Å². The highest BCUT2D eigenvalue weighted by Gasteiger charge is 2.29. The average Bonchev–Trinajstić information content (AvgIpc) is 3.15. The van der Waals surface area contributed by atoms with Crippen LogP contribution in [0.15, 0.2) is 47.6 Å². The van der Waals surface area contributed by atoms with Crippen LogP contribution >= 0.6 is 0 Å². The van der Waals surface area contributed by atoms with E-state index in [9.17, 15) is 8.42 Å². The molecular formula is C25H33N3O4S. The number of sulfonamides is 1. The molecule has 3 aromatic rings. The molecular weight excluding hydrogens is 438 g/mol. The number of hydrogen-bond donors (Lipinski definition) is 1. The molecule has 33 heavy (non-hydrogen) atoms. The van der Waals surface area contributed by atoms with Crippen molar-refractivity contribution >= 4 is 10.0 Å². The molecule has 0 saturated heterocycles. The second-order valence-electron chi connectivity index (χ2n) is 9.29. The zero-order chi connectivity index (χ0) is 24.6. The third-order valence-electron chi connectivity index (χ3n) is 5.69. The summed E-state index contributed by atoms with van der Waals surface area (Å²) in [5.74, 6) is 1.67. The first-order chi connectivity index (χ1) is 15.4. The normalized spacial score (nSPS) is 13.1. The summed E-state index contributed by atoms with van der Waals surface area (Å²) in [5, 5.41) is 0. The predicted octanol–water partition coefficient (Wildman–Crippen LogP) is 4.42. The van der Waals surface area contributed by atoms with Crippen molar-refractivity contribution < 1.29 is 17.9 Å². The molecule has 0 fully saturated rings. The van der Waals surface area contributed by atoms with Crippen LogP contribution in [0.4, 0.5) is 0 Å². The third kappa shape index (κ3) is 5.23. The Labute approximate surface area is 196 Å². The van der Waals surface area contributed by atoms with E-state index in [-0.39, 0.29) is 10.3 Å². The van der Waals surface area contributed by atoms with Gasteiger partial charge in [-0.25, -0.2) is 13.4 Å². The van der Waals surface area contributed by atoms with Crippen molar-refractivity contribution in [3.05, 3.63) is 70.8 Å². The van der Waals surface area contributed by atoms with Gasteiger partial charge < -0.3 is 14.0 Å². The van der Waals surface area contributed by atoms with Crippen LogP contribution < -0.4 is 14.2 Å². The summed E-state index contributed by atoms with van der Waals surface area (Å²) in [6, 6.07) is 8.46. The maximum Gasteiger partial charge on any atom is 0.242 e. The van der Waals surface area contributed by atoms with Gasteiger partial charge in [0, 0.05) is 25.5 Å². The zero-order valence-electron chi connectivity index (χ0n) is 20.6. The van der Waals surface area contributed by atoms with Crippen molar-refractivity contribution in [3.8, 4) is 11.5 Å². The standard InChI is InChI=1S/C25H33N3O4S/c1-16-11-19(25(3,4)5)12-17(2)23(16)33(29,30)27-22(24-26-9-10-28(24)6)18-13-20(31-7)15-21(14-18)32-8/h9-15,22,27H,1-8H3/t22-/m0/s1. The first kappa shape index (κ1) is 24.8. The number of methoxy groups -OCH3 is 2. The summed E-state index contributed by atoms with van der Waals surface area (Å²) in [6.07, 6.45) is 3.42. The van der Waals surface area contributed by atoms with Gasteiger partial charge in [0.1, 0.15) is 23.4 Å². The van der Waals surface area contributed by atoms with Gasteiger partial charge in [0.05, 0.1) is 19.1 Å². The molecule has 1 atom stereocenters. The number of aromatic nitrogens is 2. The van der Waals surface area contributed by atoms with E-state index in [1.165, 1.54) is 0 Å². The Morgan fingerprint density at radius 2 is 1.52 bits per heavy atom. The quantitative estimate of drug-likeness (QED) is 0.552. The summed E-state index contributed by atoms with van der Waals surface area (Å²) >= 11 is 0. The molecule has 3 rings (SSSR count). The molecule has 2 aromatic carbocycles. The molecule has 7 nitrogen and oxygen atoms in total. The van der Waals surface area contributed by atoms with Crippen molar-refractivity contribution in [3.63, 3.8) is 0 Å². The van der Waals surface area contributed by atoms with E-state index in [2.05, 4.69) is 30.5 Å². The van der Waals surface area contributed by atoms with Crippen LogP contribution in [0.3, 0.4) is 0 Å². The first-order valence-corrected chi connectivity index (χ1v) is 12.2. The van der Waals surface area contributed by atoms with Gasteiger partial charge in [-0.1, -0.05) is 32.9 Å². The number of nitrogens with zero attached hydrogens (tertiary/aromatic N) is 2. The van der Waals surface area contributed by atoms with Gasteiger partial charge >= 0.3 is 0 Å². The van der Waals surface area contributed by atoms with Crippen LogP contribution in [-0.4, -0.2) is 32.2 Å². The lowest BCUT2D eigenvalue weighted by Gasteiger charge is -2.24. The Morgan fingerprint density at radius 1 is 0.970 bits per heavy atom. The van der Waals surface area contributed by atoms with E-state index in [4.69, 9.17) is 9.47 Å². The van der Waals surface area contributed by atoms with Gasteiger partial charge in [-0.05, 0) is 53.6 Å². The van der Waals surface area contributed by atoms with Gasteiger partial charge in [0.2, 0.25) is 10.0 Å². The minimum absolute atomic E-state index is 0.0854. The molecule has 1 N–H and O–H groups in total. The van der Waals surface area contributed by atoms with E-state index in [0.29, 0.717) is 34.0 Å². The Hall–Kier alpha value is -2.84. The number of hydrogen-bond acceptors (Lipinski definition) is 5. The highest BCUT2D eigenvalue weighted by molar-refractivity contribution is 7.89. The third-order valence-corrected chi connectivity index (χ3v) is 7.42. The van der Waals surface area contributed by atoms with Crippen molar-refractivity contribution in [1.29, 1.82) is 0 Å². The van der Waals surface area contributed by atoms with Crippen LogP contribution in [-0.2, 0) is 22.5 Å². The summed E-state index contributed by atoms with van der Waals surface area (Å²) in [7, 11) is 1.05. The summed E-state index contributed by atoms with van der Waals surface area (Å²) < 4.78 is 42.9. The topological polar surface area (TPSA) is 82.4 Å². The van der Waals surface area contributed by atoms with Crippen molar-refractivity contribution in [2.45, 2.75) is 51.0 Å². The van der Waals surface area contributed by atoms with Crippen LogP contribution in [0.2, 0.25) is 0 Å². The van der Waals surface area contributed by atoms with Gasteiger partial charge in [-0.2, -0.15) is 4.72 Å². The number of benzene rings is 2. The molecule has 0 radical (unpaired) electrons. The van der Waals surface area contributed by atoms with Gasteiger partial charge in [-0.15, -0.1) is 0 Å². The van der Waals surface area contributed by atoms with E-state index in [0.717, 1.165) is 5.56 Å². The molecule has 1 aromatic heterocycles. The molecule has 8 heteroatoms. The fraction of sp³-hybridized carbons (Fsp3) is 0.400. The van der Waals surface area contributed by atoms with Gasteiger partial charge in [-0.3, -0.25) is 0 Å².